The zero-order chi connectivity index (χ0) is 18.6. The maximum Gasteiger partial charge on any atom is 0.227 e. The Kier molecular flexibility index (Phi) is 4.67. The van der Waals surface area contributed by atoms with Crippen LogP contribution in [0.15, 0.2) is 82.2 Å². The van der Waals surface area contributed by atoms with Crippen molar-refractivity contribution in [3.05, 3.63) is 89.5 Å². The maximum atomic E-state index is 5.91. The molecular formula is C24H20N2O. The number of aryl methyl sites for hydroxylation is 2. The zero-order valence-corrected chi connectivity index (χ0v) is 15.4. The molecule has 0 aliphatic carbocycles. The van der Waals surface area contributed by atoms with Gasteiger partial charge in [-0.25, -0.2) is 4.98 Å². The molecule has 1 aromatic heterocycles. The monoisotopic (exact) mass is 352 g/mol. The lowest BCUT2D eigenvalue weighted by Crippen LogP contribution is -1.83. The first-order valence-corrected chi connectivity index (χ1v) is 8.93. The second-order valence-electron chi connectivity index (χ2n) is 6.52. The van der Waals surface area contributed by atoms with E-state index in [9.17, 15) is 0 Å². The molecule has 3 heteroatoms. The van der Waals surface area contributed by atoms with Crippen LogP contribution in [0.2, 0.25) is 0 Å². The summed E-state index contributed by atoms with van der Waals surface area (Å²) >= 11 is 0. The smallest absolute Gasteiger partial charge is 0.227 e. The molecule has 27 heavy (non-hydrogen) atoms. The first-order valence-electron chi connectivity index (χ1n) is 8.93. The molecule has 132 valence electrons. The predicted molar refractivity (Wildman–Crippen MR) is 113 cm³/mol. The molecule has 0 aliphatic rings. The molecule has 0 N–H and O–H groups in total. The van der Waals surface area contributed by atoms with Crippen molar-refractivity contribution in [2.45, 2.75) is 13.8 Å². The molecule has 1 heterocycles. The Morgan fingerprint density at radius 2 is 1.74 bits per heavy atom. The van der Waals surface area contributed by atoms with Gasteiger partial charge in [0.1, 0.15) is 5.52 Å². The number of aliphatic imine (C=N–C) groups is 1. The molecule has 3 aromatic carbocycles. The highest BCUT2D eigenvalue weighted by Gasteiger charge is 2.09. The van der Waals surface area contributed by atoms with Crippen molar-refractivity contribution in [2.75, 3.05) is 0 Å². The van der Waals surface area contributed by atoms with Crippen LogP contribution in [0, 0.1) is 13.8 Å². The summed E-state index contributed by atoms with van der Waals surface area (Å²) in [5.74, 6) is 0.637. The number of rotatable bonds is 4. The van der Waals surface area contributed by atoms with Gasteiger partial charge in [0.25, 0.3) is 0 Å². The van der Waals surface area contributed by atoms with Crippen molar-refractivity contribution >= 4 is 29.1 Å². The van der Waals surface area contributed by atoms with E-state index < -0.39 is 0 Å². The van der Waals surface area contributed by atoms with Gasteiger partial charge in [0.15, 0.2) is 5.58 Å². The molecule has 0 aliphatic heterocycles. The van der Waals surface area contributed by atoms with E-state index in [0.29, 0.717) is 5.89 Å². The number of nitrogens with zero attached hydrogens (tertiary/aromatic N) is 2. The third kappa shape index (κ3) is 3.87. The zero-order valence-electron chi connectivity index (χ0n) is 15.4. The minimum atomic E-state index is 0.637. The lowest BCUT2D eigenvalue weighted by atomic mass is 10.1. The van der Waals surface area contributed by atoms with E-state index in [1.165, 1.54) is 11.1 Å². The van der Waals surface area contributed by atoms with Gasteiger partial charge in [-0.05, 0) is 66.9 Å². The summed E-state index contributed by atoms with van der Waals surface area (Å²) in [5, 5.41) is 0. The van der Waals surface area contributed by atoms with Gasteiger partial charge in [-0.1, -0.05) is 42.5 Å². The van der Waals surface area contributed by atoms with Crippen molar-refractivity contribution in [3.8, 4) is 11.5 Å². The average molecular weight is 352 g/mol. The number of hydrogen-bond donors (Lipinski definition) is 0. The van der Waals surface area contributed by atoms with Crippen LogP contribution in [0.4, 0.5) is 5.69 Å². The average Bonchev–Trinajstić information content (AvgIpc) is 3.11. The molecule has 4 rings (SSSR count). The second-order valence-corrected chi connectivity index (χ2v) is 6.52. The van der Waals surface area contributed by atoms with Crippen LogP contribution in [-0.4, -0.2) is 11.2 Å². The topological polar surface area (TPSA) is 38.4 Å². The Labute approximate surface area is 158 Å². The maximum absolute atomic E-state index is 5.91. The number of benzene rings is 3. The van der Waals surface area contributed by atoms with Crippen molar-refractivity contribution < 1.29 is 4.42 Å². The highest BCUT2D eigenvalue weighted by molar-refractivity contribution is 5.83. The van der Waals surface area contributed by atoms with Gasteiger partial charge in [-0.15, -0.1) is 0 Å². The summed E-state index contributed by atoms with van der Waals surface area (Å²) in [4.78, 5) is 9.12. The second kappa shape index (κ2) is 7.42. The number of hydrogen-bond acceptors (Lipinski definition) is 3. The summed E-state index contributed by atoms with van der Waals surface area (Å²) in [6.07, 6.45) is 5.75. The van der Waals surface area contributed by atoms with E-state index in [1.54, 1.807) is 6.21 Å². The summed E-state index contributed by atoms with van der Waals surface area (Å²) in [6, 6.07) is 22.2. The van der Waals surface area contributed by atoms with E-state index in [-0.39, 0.29) is 0 Å². The van der Waals surface area contributed by atoms with Crippen LogP contribution in [0.5, 0.6) is 0 Å². The summed E-state index contributed by atoms with van der Waals surface area (Å²) in [6.45, 7) is 4.19. The highest BCUT2D eigenvalue weighted by Crippen LogP contribution is 2.28. The van der Waals surface area contributed by atoms with Crippen molar-refractivity contribution in [1.82, 2.24) is 4.98 Å². The molecule has 0 spiro atoms. The van der Waals surface area contributed by atoms with Gasteiger partial charge in [-0.3, -0.25) is 4.99 Å². The quantitative estimate of drug-likeness (QED) is 0.392. The number of aromatic nitrogens is 1. The van der Waals surface area contributed by atoms with Crippen LogP contribution in [0.25, 0.3) is 28.6 Å². The van der Waals surface area contributed by atoms with Gasteiger partial charge in [0, 0.05) is 11.8 Å². The van der Waals surface area contributed by atoms with Crippen LogP contribution in [-0.2, 0) is 0 Å². The minimum absolute atomic E-state index is 0.637. The van der Waals surface area contributed by atoms with Crippen molar-refractivity contribution in [1.29, 1.82) is 0 Å². The van der Waals surface area contributed by atoms with Crippen LogP contribution in [0.3, 0.4) is 0 Å². The van der Waals surface area contributed by atoms with Gasteiger partial charge in [0.05, 0.1) is 5.69 Å². The molecule has 0 amide bonds. The fourth-order valence-electron chi connectivity index (χ4n) is 2.84. The van der Waals surface area contributed by atoms with Gasteiger partial charge >= 0.3 is 0 Å². The fraction of sp³-hybridized carbons (Fsp3) is 0.0833. The van der Waals surface area contributed by atoms with Crippen LogP contribution in [0.1, 0.15) is 16.7 Å². The summed E-state index contributed by atoms with van der Waals surface area (Å²) < 4.78 is 5.91. The molecule has 0 fully saturated rings. The Bertz CT molecular complexity index is 1140. The van der Waals surface area contributed by atoms with Crippen LogP contribution >= 0.6 is 0 Å². The number of allylic oxidation sites excluding steroid dienone is 1. The normalized spacial score (nSPS) is 11.8. The van der Waals surface area contributed by atoms with E-state index >= 15 is 0 Å². The highest BCUT2D eigenvalue weighted by atomic mass is 16.3. The van der Waals surface area contributed by atoms with E-state index in [4.69, 9.17) is 4.42 Å². The fourth-order valence-corrected chi connectivity index (χ4v) is 2.84. The molecule has 0 saturated heterocycles. The Balaban J connectivity index is 1.56. The Morgan fingerprint density at radius 3 is 2.56 bits per heavy atom. The van der Waals surface area contributed by atoms with Crippen molar-refractivity contribution in [3.63, 3.8) is 0 Å². The molecule has 0 unspecified atom stereocenters. The largest absolute Gasteiger partial charge is 0.436 e. The standard InChI is InChI=1S/C24H20N2O/c1-17-10-11-20(15-18(17)2)24-26-22-16-21(12-13-23(22)27-24)25-14-6-9-19-7-4-3-5-8-19/h3-16H,1-2H3/b9-6+,25-14?. The Morgan fingerprint density at radius 1 is 0.889 bits per heavy atom. The van der Waals surface area contributed by atoms with Gasteiger partial charge in [0.2, 0.25) is 5.89 Å². The lowest BCUT2D eigenvalue weighted by molar-refractivity contribution is 0.620. The van der Waals surface area contributed by atoms with Crippen molar-refractivity contribution in [2.24, 2.45) is 4.99 Å². The first-order chi connectivity index (χ1) is 13.2. The van der Waals surface area contributed by atoms with Gasteiger partial charge in [-0.2, -0.15) is 0 Å². The van der Waals surface area contributed by atoms with E-state index in [2.05, 4.69) is 48.1 Å². The molecule has 0 radical (unpaired) electrons. The predicted octanol–water partition coefficient (Wildman–Crippen LogP) is 6.53. The first kappa shape index (κ1) is 17.0. The minimum Gasteiger partial charge on any atom is -0.436 e. The lowest BCUT2D eigenvalue weighted by Gasteiger charge is -2.01. The molecular weight excluding hydrogens is 332 g/mol. The van der Waals surface area contributed by atoms with E-state index in [1.807, 2.05) is 54.6 Å². The molecule has 0 saturated carbocycles. The third-order valence-electron chi connectivity index (χ3n) is 4.52. The van der Waals surface area contributed by atoms with Gasteiger partial charge < -0.3 is 4.42 Å². The van der Waals surface area contributed by atoms with Crippen LogP contribution < -0.4 is 0 Å². The third-order valence-corrected chi connectivity index (χ3v) is 4.52. The molecule has 0 atom stereocenters. The molecule has 3 nitrogen and oxygen atoms in total. The molecule has 4 aromatic rings. The summed E-state index contributed by atoms with van der Waals surface area (Å²) in [7, 11) is 0. The number of oxazole rings is 1. The molecule has 0 bridgehead atoms. The number of fused-ring (bicyclic) bond motifs is 1. The SMILES string of the molecule is Cc1ccc(-c2nc3cc(N=C/C=C/c4ccccc4)ccc3o2)cc1C. The van der Waals surface area contributed by atoms with E-state index in [0.717, 1.165) is 27.9 Å². The summed E-state index contributed by atoms with van der Waals surface area (Å²) in [5.41, 5.74) is 7.05. The Hall–Kier alpha value is -3.46.